The van der Waals surface area contributed by atoms with Gasteiger partial charge in [0, 0.05) is 18.2 Å². The molecule has 1 heterocycles. The lowest BCUT2D eigenvalue weighted by atomic mass is 9.82. The van der Waals surface area contributed by atoms with Crippen LogP contribution < -0.4 is 5.32 Å². The fourth-order valence-corrected chi connectivity index (χ4v) is 3.50. The SMILES string of the molecule is C=C(CC1CCN(C)CC1)NCC1CCC(C=O)CC1. The number of piperidine rings is 1. The zero-order valence-corrected chi connectivity index (χ0v) is 12.9. The summed E-state index contributed by atoms with van der Waals surface area (Å²) < 4.78 is 0. The van der Waals surface area contributed by atoms with Gasteiger partial charge in [-0.3, -0.25) is 0 Å². The molecule has 0 aromatic heterocycles. The number of nitrogens with zero attached hydrogens (tertiary/aromatic N) is 1. The highest BCUT2D eigenvalue weighted by atomic mass is 16.1. The van der Waals surface area contributed by atoms with Gasteiger partial charge >= 0.3 is 0 Å². The summed E-state index contributed by atoms with van der Waals surface area (Å²) in [6, 6.07) is 0. The lowest BCUT2D eigenvalue weighted by Gasteiger charge is -2.30. The van der Waals surface area contributed by atoms with Gasteiger partial charge in [-0.1, -0.05) is 6.58 Å². The van der Waals surface area contributed by atoms with Crippen molar-refractivity contribution in [3.05, 3.63) is 12.3 Å². The zero-order valence-electron chi connectivity index (χ0n) is 12.9. The van der Waals surface area contributed by atoms with Crippen LogP contribution in [0.1, 0.15) is 44.9 Å². The Morgan fingerprint density at radius 2 is 1.80 bits per heavy atom. The van der Waals surface area contributed by atoms with Crippen molar-refractivity contribution in [2.75, 3.05) is 26.7 Å². The molecule has 114 valence electrons. The Labute approximate surface area is 123 Å². The molecular formula is C17H30N2O. The molecule has 0 aromatic carbocycles. The second kappa shape index (κ2) is 7.82. The third kappa shape index (κ3) is 4.93. The molecule has 0 atom stereocenters. The van der Waals surface area contributed by atoms with E-state index in [4.69, 9.17) is 0 Å². The Hall–Kier alpha value is -0.830. The zero-order chi connectivity index (χ0) is 14.4. The first-order valence-corrected chi connectivity index (χ1v) is 8.23. The Kier molecular flexibility index (Phi) is 6.08. The number of carbonyl (C=O) groups excluding carboxylic acids is 1. The van der Waals surface area contributed by atoms with E-state index in [-0.39, 0.29) is 0 Å². The molecule has 20 heavy (non-hydrogen) atoms. The van der Waals surface area contributed by atoms with E-state index < -0.39 is 0 Å². The topological polar surface area (TPSA) is 32.3 Å². The highest BCUT2D eigenvalue weighted by Crippen LogP contribution is 2.27. The number of likely N-dealkylation sites (tertiary alicyclic amines) is 1. The fourth-order valence-electron chi connectivity index (χ4n) is 3.50. The minimum Gasteiger partial charge on any atom is -0.389 e. The molecule has 1 N–H and O–H groups in total. The first-order valence-electron chi connectivity index (χ1n) is 8.23. The van der Waals surface area contributed by atoms with Crippen molar-refractivity contribution < 1.29 is 4.79 Å². The average Bonchev–Trinajstić information content (AvgIpc) is 2.48. The van der Waals surface area contributed by atoms with Crippen LogP contribution in [0.2, 0.25) is 0 Å². The van der Waals surface area contributed by atoms with Crippen molar-refractivity contribution >= 4 is 6.29 Å². The molecule has 0 unspecified atom stereocenters. The maximum Gasteiger partial charge on any atom is 0.123 e. The molecule has 2 rings (SSSR count). The normalized spacial score (nSPS) is 29.1. The van der Waals surface area contributed by atoms with Crippen molar-refractivity contribution in [2.24, 2.45) is 17.8 Å². The molecule has 3 heteroatoms. The van der Waals surface area contributed by atoms with E-state index >= 15 is 0 Å². The highest BCUT2D eigenvalue weighted by Gasteiger charge is 2.21. The van der Waals surface area contributed by atoms with Crippen LogP contribution in [0.4, 0.5) is 0 Å². The van der Waals surface area contributed by atoms with Gasteiger partial charge in [0.25, 0.3) is 0 Å². The van der Waals surface area contributed by atoms with Crippen LogP contribution >= 0.6 is 0 Å². The third-order valence-electron chi connectivity index (χ3n) is 5.10. The van der Waals surface area contributed by atoms with Gasteiger partial charge in [0.15, 0.2) is 0 Å². The highest BCUT2D eigenvalue weighted by molar-refractivity contribution is 5.53. The third-order valence-corrected chi connectivity index (χ3v) is 5.10. The van der Waals surface area contributed by atoms with Gasteiger partial charge in [-0.25, -0.2) is 0 Å². The molecule has 0 spiro atoms. The lowest BCUT2D eigenvalue weighted by molar-refractivity contribution is -0.112. The number of hydrogen-bond donors (Lipinski definition) is 1. The summed E-state index contributed by atoms with van der Waals surface area (Å²) in [5.41, 5.74) is 1.22. The van der Waals surface area contributed by atoms with Crippen molar-refractivity contribution in [2.45, 2.75) is 44.9 Å². The van der Waals surface area contributed by atoms with Gasteiger partial charge in [-0.2, -0.15) is 0 Å². The van der Waals surface area contributed by atoms with E-state index in [1.165, 1.54) is 44.5 Å². The van der Waals surface area contributed by atoms with Gasteiger partial charge in [0.05, 0.1) is 0 Å². The molecule has 1 aliphatic carbocycles. The molecule has 2 aliphatic rings. The number of aldehydes is 1. The van der Waals surface area contributed by atoms with Crippen LogP contribution in [0.15, 0.2) is 12.3 Å². The van der Waals surface area contributed by atoms with Gasteiger partial charge in [-0.05, 0) is 76.9 Å². The lowest BCUT2D eigenvalue weighted by Crippen LogP contribution is -2.32. The molecule has 2 fully saturated rings. The van der Waals surface area contributed by atoms with E-state index in [9.17, 15) is 4.79 Å². The Morgan fingerprint density at radius 3 is 2.40 bits per heavy atom. The van der Waals surface area contributed by atoms with Crippen molar-refractivity contribution in [3.8, 4) is 0 Å². The van der Waals surface area contributed by atoms with Gasteiger partial charge in [-0.15, -0.1) is 0 Å². The molecule has 0 aromatic rings. The second-order valence-electron chi connectivity index (χ2n) is 6.85. The average molecular weight is 278 g/mol. The van der Waals surface area contributed by atoms with Gasteiger partial charge in [0.2, 0.25) is 0 Å². The molecule has 1 aliphatic heterocycles. The van der Waals surface area contributed by atoms with E-state index in [1.807, 2.05) is 0 Å². The summed E-state index contributed by atoms with van der Waals surface area (Å²) in [6.07, 6.45) is 9.44. The summed E-state index contributed by atoms with van der Waals surface area (Å²) in [6.45, 7) is 7.71. The molecule has 0 radical (unpaired) electrons. The van der Waals surface area contributed by atoms with Crippen LogP contribution in [0.5, 0.6) is 0 Å². The van der Waals surface area contributed by atoms with Gasteiger partial charge in [0.1, 0.15) is 6.29 Å². The molecule has 1 saturated carbocycles. The molecule has 3 nitrogen and oxygen atoms in total. The maximum absolute atomic E-state index is 10.7. The van der Waals surface area contributed by atoms with Crippen LogP contribution in [0.25, 0.3) is 0 Å². The number of allylic oxidation sites excluding steroid dienone is 1. The molecule has 1 saturated heterocycles. The second-order valence-corrected chi connectivity index (χ2v) is 6.85. The minimum absolute atomic E-state index is 0.327. The quantitative estimate of drug-likeness (QED) is 0.758. The predicted octanol–water partition coefficient (Wildman–Crippen LogP) is 2.83. The Morgan fingerprint density at radius 1 is 1.15 bits per heavy atom. The summed E-state index contributed by atoms with van der Waals surface area (Å²) in [7, 11) is 2.21. The molecule has 0 bridgehead atoms. The number of rotatable bonds is 6. The van der Waals surface area contributed by atoms with Crippen molar-refractivity contribution in [3.63, 3.8) is 0 Å². The summed E-state index contributed by atoms with van der Waals surface area (Å²) >= 11 is 0. The van der Waals surface area contributed by atoms with Crippen LogP contribution in [0, 0.1) is 17.8 Å². The first-order chi connectivity index (χ1) is 9.67. The minimum atomic E-state index is 0.327. The smallest absolute Gasteiger partial charge is 0.123 e. The van der Waals surface area contributed by atoms with Crippen LogP contribution in [-0.4, -0.2) is 37.9 Å². The van der Waals surface area contributed by atoms with Gasteiger partial charge < -0.3 is 15.0 Å². The predicted molar refractivity (Wildman–Crippen MR) is 83.5 cm³/mol. The van der Waals surface area contributed by atoms with E-state index in [1.54, 1.807) is 0 Å². The van der Waals surface area contributed by atoms with Crippen LogP contribution in [-0.2, 0) is 4.79 Å². The molecule has 0 amide bonds. The summed E-state index contributed by atoms with van der Waals surface area (Å²) in [5, 5.41) is 3.55. The van der Waals surface area contributed by atoms with E-state index in [0.717, 1.165) is 43.9 Å². The number of nitrogens with one attached hydrogen (secondary N) is 1. The maximum atomic E-state index is 10.7. The first kappa shape index (κ1) is 15.6. The fraction of sp³-hybridized carbons (Fsp3) is 0.824. The summed E-state index contributed by atoms with van der Waals surface area (Å²) in [5.74, 6) is 1.88. The Bertz CT molecular complexity index is 313. The number of hydrogen-bond acceptors (Lipinski definition) is 3. The van der Waals surface area contributed by atoms with Crippen molar-refractivity contribution in [1.82, 2.24) is 10.2 Å². The van der Waals surface area contributed by atoms with Crippen molar-refractivity contribution in [1.29, 1.82) is 0 Å². The van der Waals surface area contributed by atoms with E-state index in [0.29, 0.717) is 5.92 Å². The largest absolute Gasteiger partial charge is 0.389 e. The standard InChI is InChI=1S/C17H30N2O/c1-14(11-15-7-9-19(2)10-8-15)18-12-16-3-5-17(13-20)6-4-16/h13,15-18H,1,3-12H2,2H3. The monoisotopic (exact) mass is 278 g/mol. The summed E-state index contributed by atoms with van der Waals surface area (Å²) in [4.78, 5) is 13.2. The van der Waals surface area contributed by atoms with E-state index in [2.05, 4.69) is 23.8 Å². The Balaban J connectivity index is 1.59. The number of carbonyl (C=O) groups is 1. The van der Waals surface area contributed by atoms with Crippen LogP contribution in [0.3, 0.4) is 0 Å². The molecular weight excluding hydrogens is 248 g/mol.